The number of hydrogen-bond donors (Lipinski definition) is 2. The van der Waals surface area contributed by atoms with E-state index in [1.807, 2.05) is 0 Å². The molecule has 7 heteroatoms. The van der Waals surface area contributed by atoms with Crippen molar-refractivity contribution in [3.05, 3.63) is 68.7 Å². The summed E-state index contributed by atoms with van der Waals surface area (Å²) in [6.07, 6.45) is -0.668. The number of halogens is 1. The van der Waals surface area contributed by atoms with E-state index in [4.69, 9.17) is 11.6 Å². The predicted octanol–water partition coefficient (Wildman–Crippen LogP) is 3.55. The smallest absolute Gasteiger partial charge is 0.270 e. The normalized spacial score (nSPS) is 11.8. The van der Waals surface area contributed by atoms with Gasteiger partial charge in [0, 0.05) is 17.8 Å². The van der Waals surface area contributed by atoms with Crippen molar-refractivity contribution in [1.29, 1.82) is 0 Å². The summed E-state index contributed by atoms with van der Waals surface area (Å²) >= 11 is 5.92. The highest BCUT2D eigenvalue weighted by atomic mass is 35.5. The molecule has 1 amide bonds. The number of rotatable bonds is 4. The molecule has 0 saturated carbocycles. The van der Waals surface area contributed by atoms with E-state index < -0.39 is 16.9 Å². The molecule has 2 rings (SSSR count). The third kappa shape index (κ3) is 3.60. The number of hydrogen-bond acceptors (Lipinski definition) is 4. The Bertz CT molecular complexity index is 731. The van der Waals surface area contributed by atoms with E-state index in [2.05, 4.69) is 5.32 Å². The molecule has 114 valence electrons. The Kier molecular flexibility index (Phi) is 4.75. The van der Waals surface area contributed by atoms with Gasteiger partial charge in [-0.3, -0.25) is 14.9 Å². The van der Waals surface area contributed by atoms with E-state index in [1.165, 1.54) is 12.1 Å². The van der Waals surface area contributed by atoms with Gasteiger partial charge in [-0.2, -0.15) is 0 Å². The molecule has 0 fully saturated rings. The minimum absolute atomic E-state index is 0.0123. The summed E-state index contributed by atoms with van der Waals surface area (Å²) < 4.78 is 0. The lowest BCUT2D eigenvalue weighted by molar-refractivity contribution is -0.384. The predicted molar refractivity (Wildman–Crippen MR) is 83.1 cm³/mol. The Morgan fingerprint density at radius 1 is 1.32 bits per heavy atom. The lowest BCUT2D eigenvalue weighted by Gasteiger charge is -2.10. The first-order valence-electron chi connectivity index (χ1n) is 6.42. The first-order chi connectivity index (χ1) is 10.4. The second-order valence-corrected chi connectivity index (χ2v) is 5.08. The van der Waals surface area contributed by atoms with Gasteiger partial charge in [0.05, 0.1) is 21.6 Å². The summed E-state index contributed by atoms with van der Waals surface area (Å²) in [5.74, 6) is -0.559. The van der Waals surface area contributed by atoms with Gasteiger partial charge >= 0.3 is 0 Å². The van der Waals surface area contributed by atoms with Crippen LogP contribution in [0.15, 0.2) is 42.5 Å². The third-order valence-corrected chi connectivity index (χ3v) is 3.36. The zero-order valence-corrected chi connectivity index (χ0v) is 12.4. The van der Waals surface area contributed by atoms with Crippen molar-refractivity contribution < 1.29 is 14.8 Å². The van der Waals surface area contributed by atoms with Crippen LogP contribution >= 0.6 is 11.6 Å². The van der Waals surface area contributed by atoms with E-state index in [0.29, 0.717) is 11.3 Å². The zero-order valence-electron chi connectivity index (χ0n) is 11.6. The largest absolute Gasteiger partial charge is 0.389 e. The summed E-state index contributed by atoms with van der Waals surface area (Å²) in [4.78, 5) is 22.4. The molecule has 0 unspecified atom stereocenters. The van der Waals surface area contributed by atoms with Crippen LogP contribution in [0.25, 0.3) is 0 Å². The maximum absolute atomic E-state index is 12.2. The van der Waals surface area contributed by atoms with E-state index in [9.17, 15) is 20.0 Å². The number of carbonyl (C=O) groups is 1. The van der Waals surface area contributed by atoms with Crippen LogP contribution in [-0.2, 0) is 0 Å². The van der Waals surface area contributed by atoms with Crippen molar-refractivity contribution in [2.45, 2.75) is 13.0 Å². The maximum atomic E-state index is 12.2. The molecule has 0 heterocycles. The monoisotopic (exact) mass is 320 g/mol. The molecule has 2 N–H and O–H groups in total. The standard InChI is InChI=1S/C15H13ClN2O4/c1-9(19)10-3-2-4-11(7-10)17-15(20)13-8-12(18(21)22)5-6-14(13)16/h2-9,19H,1H3,(H,17,20)/t9-/m0/s1. The van der Waals surface area contributed by atoms with Crippen molar-refractivity contribution in [3.63, 3.8) is 0 Å². The third-order valence-electron chi connectivity index (χ3n) is 3.03. The number of nitrogens with zero attached hydrogens (tertiary/aromatic N) is 1. The van der Waals surface area contributed by atoms with E-state index in [-0.39, 0.29) is 16.3 Å². The van der Waals surface area contributed by atoms with Gasteiger partial charge in [-0.1, -0.05) is 23.7 Å². The first-order valence-corrected chi connectivity index (χ1v) is 6.79. The topological polar surface area (TPSA) is 92.5 Å². The Labute approximate surface area is 131 Å². The molecule has 22 heavy (non-hydrogen) atoms. The van der Waals surface area contributed by atoms with Gasteiger partial charge in [-0.05, 0) is 30.7 Å². The average Bonchev–Trinajstić information content (AvgIpc) is 2.47. The Hall–Kier alpha value is -2.44. The molecule has 6 nitrogen and oxygen atoms in total. The first kappa shape index (κ1) is 15.9. The number of nitrogens with one attached hydrogen (secondary N) is 1. The molecular weight excluding hydrogens is 308 g/mol. The Balaban J connectivity index is 2.27. The van der Waals surface area contributed by atoms with Gasteiger partial charge in [0.1, 0.15) is 0 Å². The van der Waals surface area contributed by atoms with Crippen LogP contribution in [0, 0.1) is 10.1 Å². The highest BCUT2D eigenvalue weighted by Crippen LogP contribution is 2.24. The van der Waals surface area contributed by atoms with Crippen LogP contribution in [0.5, 0.6) is 0 Å². The number of aliphatic hydroxyl groups is 1. The van der Waals surface area contributed by atoms with Crippen LogP contribution < -0.4 is 5.32 Å². The number of anilines is 1. The second-order valence-electron chi connectivity index (χ2n) is 4.68. The molecule has 2 aromatic carbocycles. The van der Waals surface area contributed by atoms with Gasteiger partial charge < -0.3 is 10.4 Å². The molecule has 0 aliphatic heterocycles. The Morgan fingerprint density at radius 3 is 2.68 bits per heavy atom. The number of nitro groups is 1. The quantitative estimate of drug-likeness (QED) is 0.665. The van der Waals surface area contributed by atoms with Crippen molar-refractivity contribution in [1.82, 2.24) is 0 Å². The van der Waals surface area contributed by atoms with Crippen molar-refractivity contribution in [2.24, 2.45) is 0 Å². The summed E-state index contributed by atoms with van der Waals surface area (Å²) in [5, 5.41) is 23.0. The minimum Gasteiger partial charge on any atom is -0.389 e. The van der Waals surface area contributed by atoms with E-state index in [0.717, 1.165) is 6.07 Å². The summed E-state index contributed by atoms with van der Waals surface area (Å²) in [6, 6.07) is 10.3. The molecule has 0 aliphatic rings. The van der Waals surface area contributed by atoms with Crippen molar-refractivity contribution in [3.8, 4) is 0 Å². The molecule has 0 bridgehead atoms. The Morgan fingerprint density at radius 2 is 2.05 bits per heavy atom. The molecule has 0 radical (unpaired) electrons. The SMILES string of the molecule is C[C@H](O)c1cccc(NC(=O)c2cc([N+](=O)[O-])ccc2Cl)c1. The van der Waals surface area contributed by atoms with Crippen molar-refractivity contribution >= 4 is 28.9 Å². The second kappa shape index (κ2) is 6.55. The fourth-order valence-corrected chi connectivity index (χ4v) is 2.08. The number of aliphatic hydroxyl groups excluding tert-OH is 1. The highest BCUT2D eigenvalue weighted by Gasteiger charge is 2.16. The summed E-state index contributed by atoms with van der Waals surface area (Å²) in [6.45, 7) is 1.61. The van der Waals surface area contributed by atoms with Gasteiger partial charge in [0.15, 0.2) is 0 Å². The van der Waals surface area contributed by atoms with Crippen LogP contribution in [0.3, 0.4) is 0 Å². The minimum atomic E-state index is -0.668. The van der Waals surface area contributed by atoms with Crippen LogP contribution in [0.4, 0.5) is 11.4 Å². The number of nitro benzene ring substituents is 1. The highest BCUT2D eigenvalue weighted by molar-refractivity contribution is 6.34. The fraction of sp³-hybridized carbons (Fsp3) is 0.133. The molecule has 2 aromatic rings. The molecule has 1 atom stereocenters. The van der Waals surface area contributed by atoms with Crippen molar-refractivity contribution in [2.75, 3.05) is 5.32 Å². The molecule has 0 aromatic heterocycles. The fourth-order valence-electron chi connectivity index (χ4n) is 1.88. The van der Waals surface area contributed by atoms with Crippen LogP contribution in [0.1, 0.15) is 28.9 Å². The number of carbonyl (C=O) groups excluding carboxylic acids is 1. The van der Waals surface area contributed by atoms with E-state index in [1.54, 1.807) is 31.2 Å². The molecule has 0 saturated heterocycles. The number of benzene rings is 2. The molecular formula is C15H13ClN2O4. The van der Waals surface area contributed by atoms with Gasteiger partial charge in [-0.15, -0.1) is 0 Å². The zero-order chi connectivity index (χ0) is 16.3. The lowest BCUT2D eigenvalue weighted by Crippen LogP contribution is -2.13. The summed E-state index contributed by atoms with van der Waals surface area (Å²) in [5.41, 5.74) is 0.902. The van der Waals surface area contributed by atoms with Gasteiger partial charge in [0.25, 0.3) is 11.6 Å². The van der Waals surface area contributed by atoms with Crippen LogP contribution in [-0.4, -0.2) is 15.9 Å². The average molecular weight is 321 g/mol. The number of amides is 1. The maximum Gasteiger partial charge on any atom is 0.270 e. The van der Waals surface area contributed by atoms with Gasteiger partial charge in [0.2, 0.25) is 0 Å². The molecule has 0 spiro atoms. The molecule has 0 aliphatic carbocycles. The lowest BCUT2D eigenvalue weighted by atomic mass is 10.1. The number of non-ortho nitro benzene ring substituents is 1. The van der Waals surface area contributed by atoms with Gasteiger partial charge in [-0.25, -0.2) is 0 Å². The van der Waals surface area contributed by atoms with Crippen LogP contribution in [0.2, 0.25) is 5.02 Å². The summed E-state index contributed by atoms with van der Waals surface area (Å²) in [7, 11) is 0. The van der Waals surface area contributed by atoms with E-state index >= 15 is 0 Å².